The van der Waals surface area contributed by atoms with Gasteiger partial charge in [-0.15, -0.1) is 12.4 Å². The predicted molar refractivity (Wildman–Crippen MR) is 85.1 cm³/mol. The van der Waals surface area contributed by atoms with E-state index in [-0.39, 0.29) is 24.1 Å². The number of amides is 1. The fourth-order valence-electron chi connectivity index (χ4n) is 1.67. The largest absolute Gasteiger partial charge is 0.481 e. The van der Waals surface area contributed by atoms with Crippen molar-refractivity contribution in [1.29, 1.82) is 0 Å². The summed E-state index contributed by atoms with van der Waals surface area (Å²) >= 11 is 0. The number of carbonyl (C=O) groups is 2. The number of carbonyl (C=O) groups excluding carboxylic acids is 2. The van der Waals surface area contributed by atoms with Crippen LogP contribution in [0.3, 0.4) is 0 Å². The number of ketones is 1. The van der Waals surface area contributed by atoms with Gasteiger partial charge in [0.05, 0.1) is 0 Å². The van der Waals surface area contributed by atoms with Crippen molar-refractivity contribution >= 4 is 24.1 Å². The lowest BCUT2D eigenvalue weighted by molar-refractivity contribution is -0.127. The van der Waals surface area contributed by atoms with Gasteiger partial charge in [0, 0.05) is 12.1 Å². The Bertz CT molecular complexity index is 466. The molecular weight excluding hydrogens is 292 g/mol. The topological polar surface area (TPSA) is 81.4 Å². The number of nitrogens with two attached hydrogens (primary N) is 1. The molecule has 0 aromatic heterocycles. The van der Waals surface area contributed by atoms with E-state index in [1.54, 1.807) is 31.2 Å². The van der Waals surface area contributed by atoms with E-state index in [9.17, 15) is 9.59 Å². The fraction of sp³-hybridized carbons (Fsp3) is 0.467. The van der Waals surface area contributed by atoms with Gasteiger partial charge in [0.15, 0.2) is 11.9 Å². The highest BCUT2D eigenvalue weighted by atomic mass is 35.5. The van der Waals surface area contributed by atoms with Gasteiger partial charge in [-0.3, -0.25) is 9.59 Å². The molecule has 1 rings (SSSR count). The second kappa shape index (κ2) is 10.2. The van der Waals surface area contributed by atoms with Crippen molar-refractivity contribution in [2.75, 3.05) is 13.1 Å². The van der Waals surface area contributed by atoms with Crippen LogP contribution in [0.15, 0.2) is 24.3 Å². The van der Waals surface area contributed by atoms with Crippen molar-refractivity contribution in [3.63, 3.8) is 0 Å². The molecular formula is C15H23ClN2O3. The first-order valence-electron chi connectivity index (χ1n) is 6.80. The van der Waals surface area contributed by atoms with E-state index in [0.717, 1.165) is 12.8 Å². The third-order valence-electron chi connectivity index (χ3n) is 2.85. The molecule has 1 unspecified atom stereocenters. The van der Waals surface area contributed by atoms with Crippen molar-refractivity contribution in [3.05, 3.63) is 29.8 Å². The van der Waals surface area contributed by atoms with E-state index in [0.29, 0.717) is 24.4 Å². The fourth-order valence-corrected chi connectivity index (χ4v) is 1.67. The maximum absolute atomic E-state index is 11.8. The summed E-state index contributed by atoms with van der Waals surface area (Å²) in [5.74, 6) is 0.312. The van der Waals surface area contributed by atoms with Crippen molar-refractivity contribution in [1.82, 2.24) is 5.32 Å². The van der Waals surface area contributed by atoms with Gasteiger partial charge >= 0.3 is 0 Å². The van der Waals surface area contributed by atoms with Crippen LogP contribution in [0.2, 0.25) is 0 Å². The maximum atomic E-state index is 11.8. The van der Waals surface area contributed by atoms with Crippen LogP contribution in [-0.4, -0.2) is 30.9 Å². The van der Waals surface area contributed by atoms with E-state index in [2.05, 4.69) is 5.32 Å². The number of hydrogen-bond acceptors (Lipinski definition) is 4. The number of unbranched alkanes of at least 4 members (excludes halogenated alkanes) is 1. The van der Waals surface area contributed by atoms with Gasteiger partial charge in [-0.25, -0.2) is 0 Å². The van der Waals surface area contributed by atoms with Crippen LogP contribution >= 0.6 is 12.4 Å². The molecule has 0 fully saturated rings. The van der Waals surface area contributed by atoms with Crippen LogP contribution in [0.25, 0.3) is 0 Å². The lowest BCUT2D eigenvalue weighted by atomic mass is 10.1. The summed E-state index contributed by atoms with van der Waals surface area (Å²) in [4.78, 5) is 23.1. The molecule has 0 saturated carbocycles. The van der Waals surface area contributed by atoms with E-state index >= 15 is 0 Å². The second-order valence-electron chi connectivity index (χ2n) is 4.63. The average Bonchev–Trinajstić information content (AvgIpc) is 2.43. The van der Waals surface area contributed by atoms with Crippen molar-refractivity contribution in [3.8, 4) is 5.75 Å². The second-order valence-corrected chi connectivity index (χ2v) is 4.63. The molecule has 3 N–H and O–H groups in total. The van der Waals surface area contributed by atoms with E-state index in [4.69, 9.17) is 10.5 Å². The van der Waals surface area contributed by atoms with Gasteiger partial charge in [0.2, 0.25) is 0 Å². The highest BCUT2D eigenvalue weighted by Gasteiger charge is 2.14. The van der Waals surface area contributed by atoms with Crippen molar-refractivity contribution in [2.45, 2.75) is 32.8 Å². The first-order valence-corrected chi connectivity index (χ1v) is 6.80. The number of nitrogens with one attached hydrogen (secondary N) is 1. The first-order chi connectivity index (χ1) is 9.54. The molecule has 0 saturated heterocycles. The molecule has 5 nitrogen and oxygen atoms in total. The first kappa shape index (κ1) is 19.4. The van der Waals surface area contributed by atoms with Crippen LogP contribution in [-0.2, 0) is 4.79 Å². The zero-order chi connectivity index (χ0) is 15.0. The van der Waals surface area contributed by atoms with Gasteiger partial charge in [-0.2, -0.15) is 0 Å². The van der Waals surface area contributed by atoms with Gasteiger partial charge in [0.25, 0.3) is 5.91 Å². The molecule has 1 amide bonds. The molecule has 0 bridgehead atoms. The molecule has 21 heavy (non-hydrogen) atoms. The molecule has 0 radical (unpaired) electrons. The molecule has 0 aliphatic carbocycles. The standard InChI is InChI=1S/C15H22N2O3.ClH/c1-11(18)13-6-5-7-14(10-13)20-12(2)15(19)17-9-4-3-8-16;/h5-7,10,12H,3-4,8-9,16H2,1-2H3,(H,17,19);1H. The van der Waals surface area contributed by atoms with Gasteiger partial charge < -0.3 is 15.8 Å². The Labute approximate surface area is 131 Å². The summed E-state index contributed by atoms with van der Waals surface area (Å²) in [6.07, 6.45) is 1.14. The van der Waals surface area contributed by atoms with Crippen LogP contribution in [0.4, 0.5) is 0 Å². The normalized spacial score (nSPS) is 11.2. The Morgan fingerprint density at radius 2 is 2.05 bits per heavy atom. The molecule has 1 aromatic rings. The van der Waals surface area contributed by atoms with Gasteiger partial charge in [-0.1, -0.05) is 12.1 Å². The lowest BCUT2D eigenvalue weighted by Gasteiger charge is -2.15. The Balaban J connectivity index is 0.00000400. The zero-order valence-electron chi connectivity index (χ0n) is 12.4. The monoisotopic (exact) mass is 314 g/mol. The smallest absolute Gasteiger partial charge is 0.260 e. The molecule has 0 heterocycles. The zero-order valence-corrected chi connectivity index (χ0v) is 13.2. The molecule has 0 aliphatic heterocycles. The Hall–Kier alpha value is -1.59. The number of hydrogen-bond donors (Lipinski definition) is 2. The average molecular weight is 315 g/mol. The van der Waals surface area contributed by atoms with Crippen LogP contribution in [0.5, 0.6) is 5.75 Å². The minimum absolute atomic E-state index is 0. The van der Waals surface area contributed by atoms with Gasteiger partial charge in [0.1, 0.15) is 5.75 Å². The van der Waals surface area contributed by atoms with Crippen LogP contribution in [0.1, 0.15) is 37.0 Å². The molecule has 1 aromatic carbocycles. The third-order valence-corrected chi connectivity index (χ3v) is 2.85. The summed E-state index contributed by atoms with van der Waals surface area (Å²) in [5.41, 5.74) is 5.95. The van der Waals surface area contributed by atoms with Crippen LogP contribution in [0, 0.1) is 0 Å². The minimum Gasteiger partial charge on any atom is -0.481 e. The minimum atomic E-state index is -0.602. The SMILES string of the molecule is CC(=O)c1cccc(OC(C)C(=O)NCCCCN)c1.Cl. The summed E-state index contributed by atoms with van der Waals surface area (Å²) in [5, 5.41) is 2.79. The number of halogens is 1. The summed E-state index contributed by atoms with van der Waals surface area (Å²) in [6, 6.07) is 6.82. The van der Waals surface area contributed by atoms with Crippen LogP contribution < -0.4 is 15.8 Å². The number of rotatable bonds is 8. The molecule has 0 aliphatic rings. The summed E-state index contributed by atoms with van der Waals surface area (Å²) in [6.45, 7) is 4.39. The molecule has 6 heteroatoms. The van der Waals surface area contributed by atoms with E-state index in [1.807, 2.05) is 0 Å². The van der Waals surface area contributed by atoms with E-state index < -0.39 is 6.10 Å². The van der Waals surface area contributed by atoms with Gasteiger partial charge in [-0.05, 0) is 45.4 Å². The quantitative estimate of drug-likeness (QED) is 0.567. The molecule has 0 spiro atoms. The lowest BCUT2D eigenvalue weighted by Crippen LogP contribution is -2.36. The third kappa shape index (κ3) is 7.11. The summed E-state index contributed by atoms with van der Waals surface area (Å²) in [7, 11) is 0. The highest BCUT2D eigenvalue weighted by molar-refractivity contribution is 5.94. The maximum Gasteiger partial charge on any atom is 0.260 e. The van der Waals surface area contributed by atoms with Crippen molar-refractivity contribution < 1.29 is 14.3 Å². The highest BCUT2D eigenvalue weighted by Crippen LogP contribution is 2.15. The van der Waals surface area contributed by atoms with E-state index in [1.165, 1.54) is 6.92 Å². The van der Waals surface area contributed by atoms with Crippen molar-refractivity contribution in [2.24, 2.45) is 5.73 Å². The number of benzene rings is 1. The Kier molecular flexibility index (Phi) is 9.41. The number of Topliss-reactive ketones (excluding diaryl/α,β-unsaturated/α-hetero) is 1. The number of ether oxygens (including phenoxy) is 1. The Morgan fingerprint density at radius 3 is 2.67 bits per heavy atom. The summed E-state index contributed by atoms with van der Waals surface area (Å²) < 4.78 is 5.54. The predicted octanol–water partition coefficient (Wildman–Crippen LogP) is 1.93. The molecule has 118 valence electrons. The Morgan fingerprint density at radius 1 is 1.33 bits per heavy atom. The molecule has 1 atom stereocenters.